The molecule has 1 saturated carbocycles. The fourth-order valence-electron chi connectivity index (χ4n) is 5.70. The summed E-state index contributed by atoms with van der Waals surface area (Å²) in [7, 11) is 0. The van der Waals surface area contributed by atoms with Crippen molar-refractivity contribution in [3.63, 3.8) is 0 Å². The molecule has 0 saturated heterocycles. The lowest BCUT2D eigenvalue weighted by Gasteiger charge is -2.29. The van der Waals surface area contributed by atoms with E-state index in [4.69, 9.17) is 0 Å². The van der Waals surface area contributed by atoms with Gasteiger partial charge in [0.25, 0.3) is 0 Å². The summed E-state index contributed by atoms with van der Waals surface area (Å²) in [5.41, 5.74) is -0.659. The number of hydrogen-bond donors (Lipinski definition) is 0. The second-order valence-corrected chi connectivity index (χ2v) is 10.5. The number of halogens is 8. The topological polar surface area (TPSA) is 9.23 Å². The first kappa shape index (κ1) is 28.9. The molecular formula is C32H26F8O. The highest BCUT2D eigenvalue weighted by Gasteiger charge is 2.37. The molecule has 1 fully saturated rings. The molecule has 0 bridgehead atoms. The Bertz CT molecular complexity index is 1550. The van der Waals surface area contributed by atoms with Crippen molar-refractivity contribution < 1.29 is 39.9 Å². The smallest absolute Gasteiger partial charge is 0.426 e. The minimum absolute atomic E-state index is 0.265. The van der Waals surface area contributed by atoms with Gasteiger partial charge in [0.05, 0.1) is 10.9 Å². The lowest BCUT2D eigenvalue weighted by atomic mass is 9.77. The Hall–Kier alpha value is -3.62. The van der Waals surface area contributed by atoms with Crippen molar-refractivity contribution in [2.75, 3.05) is 0 Å². The Kier molecular flexibility index (Phi) is 7.99. The molecule has 4 aromatic rings. The first-order valence-corrected chi connectivity index (χ1v) is 13.4. The molecule has 0 amide bonds. The van der Waals surface area contributed by atoms with E-state index >= 15 is 17.6 Å². The first-order valence-electron chi connectivity index (χ1n) is 13.4. The van der Waals surface area contributed by atoms with Crippen LogP contribution >= 0.6 is 0 Å². The molecule has 0 atom stereocenters. The molecular weight excluding hydrogens is 552 g/mol. The molecule has 1 nitrogen and oxygen atoms in total. The van der Waals surface area contributed by atoms with Crippen molar-refractivity contribution in [1.29, 1.82) is 0 Å². The van der Waals surface area contributed by atoms with Crippen LogP contribution in [0.1, 0.15) is 62.5 Å². The molecule has 0 heterocycles. The van der Waals surface area contributed by atoms with Gasteiger partial charge in [-0.25, -0.2) is 22.0 Å². The van der Waals surface area contributed by atoms with Crippen LogP contribution < -0.4 is 4.74 Å². The minimum Gasteiger partial charge on any atom is -0.426 e. The summed E-state index contributed by atoms with van der Waals surface area (Å²) in [6.07, 6.45) is 2.40. The van der Waals surface area contributed by atoms with Crippen LogP contribution in [0.4, 0.5) is 35.1 Å². The molecule has 1 aliphatic carbocycles. The summed E-state index contributed by atoms with van der Waals surface area (Å²) >= 11 is 0. The second kappa shape index (κ2) is 11.3. The lowest BCUT2D eigenvalue weighted by Crippen LogP contribution is -2.23. The quantitative estimate of drug-likeness (QED) is 0.157. The van der Waals surface area contributed by atoms with Crippen LogP contribution in [0.2, 0.25) is 0 Å². The minimum atomic E-state index is -4.04. The van der Waals surface area contributed by atoms with Gasteiger partial charge in [-0.15, -0.1) is 0 Å². The van der Waals surface area contributed by atoms with Gasteiger partial charge < -0.3 is 4.74 Å². The number of fused-ring (bicyclic) bond motifs is 1. The number of benzene rings is 4. The predicted molar refractivity (Wildman–Crippen MR) is 140 cm³/mol. The van der Waals surface area contributed by atoms with Crippen LogP contribution in [0.25, 0.3) is 21.9 Å². The van der Waals surface area contributed by atoms with Gasteiger partial charge in [0.1, 0.15) is 5.82 Å². The summed E-state index contributed by atoms with van der Waals surface area (Å²) in [6, 6.07) is 9.30. The Morgan fingerprint density at radius 2 is 1.37 bits per heavy atom. The van der Waals surface area contributed by atoms with Crippen molar-refractivity contribution in [3.8, 4) is 16.9 Å². The van der Waals surface area contributed by atoms with E-state index in [9.17, 15) is 17.6 Å². The Morgan fingerprint density at radius 3 is 1.98 bits per heavy atom. The van der Waals surface area contributed by atoms with Gasteiger partial charge in [0, 0.05) is 5.56 Å². The third-order valence-corrected chi connectivity index (χ3v) is 7.88. The van der Waals surface area contributed by atoms with Crippen molar-refractivity contribution in [1.82, 2.24) is 0 Å². The van der Waals surface area contributed by atoms with Crippen molar-refractivity contribution in [3.05, 3.63) is 101 Å². The molecule has 0 unspecified atom stereocenters. The van der Waals surface area contributed by atoms with Crippen molar-refractivity contribution >= 4 is 10.8 Å². The molecule has 0 spiro atoms. The Morgan fingerprint density at radius 1 is 0.732 bits per heavy atom. The van der Waals surface area contributed by atoms with Crippen LogP contribution in [-0.2, 0) is 6.11 Å². The van der Waals surface area contributed by atoms with E-state index in [0.717, 1.165) is 49.8 Å². The fraction of sp³-hybridized carbons (Fsp3) is 0.312. The van der Waals surface area contributed by atoms with Crippen molar-refractivity contribution in [2.24, 2.45) is 5.92 Å². The average molecular weight is 579 g/mol. The lowest BCUT2D eigenvalue weighted by molar-refractivity contribution is -0.187. The maximum Gasteiger partial charge on any atom is 0.426 e. The Balaban J connectivity index is 1.40. The van der Waals surface area contributed by atoms with Crippen LogP contribution in [-0.4, -0.2) is 0 Å². The maximum absolute atomic E-state index is 15.2. The van der Waals surface area contributed by atoms with Crippen LogP contribution in [0.3, 0.4) is 0 Å². The van der Waals surface area contributed by atoms with Gasteiger partial charge in [0.15, 0.2) is 29.0 Å². The number of ether oxygens (including phenoxy) is 1. The maximum atomic E-state index is 15.2. The molecule has 41 heavy (non-hydrogen) atoms. The van der Waals surface area contributed by atoms with Crippen molar-refractivity contribution in [2.45, 2.75) is 57.5 Å². The summed E-state index contributed by atoms with van der Waals surface area (Å²) < 4.78 is 120. The molecule has 4 aromatic carbocycles. The predicted octanol–water partition coefficient (Wildman–Crippen LogP) is 10.5. The summed E-state index contributed by atoms with van der Waals surface area (Å²) in [5.74, 6) is -10.3. The van der Waals surface area contributed by atoms with E-state index in [1.807, 2.05) is 0 Å². The molecule has 0 aromatic heterocycles. The Labute approximate surface area is 231 Å². The highest BCUT2D eigenvalue weighted by Crippen LogP contribution is 2.41. The zero-order valence-electron chi connectivity index (χ0n) is 22.0. The zero-order valence-corrected chi connectivity index (χ0v) is 22.0. The van der Waals surface area contributed by atoms with Gasteiger partial charge in [-0.05, 0) is 84.4 Å². The molecule has 5 rings (SSSR count). The van der Waals surface area contributed by atoms with Gasteiger partial charge in [-0.2, -0.15) is 13.2 Å². The standard InChI is InChI=1S/C32H26F8O/c1-2-3-17-4-6-18(7-5-17)19-8-11-22(12-9-19)32(39,40)41-26-16-20-10-13-23(28(35)27(20)31(38)30(26)37)21-14-24(33)29(36)25(34)15-21/h8-18H,2-7H2,1H3. The van der Waals surface area contributed by atoms with E-state index < -0.39 is 68.8 Å². The number of rotatable bonds is 7. The van der Waals surface area contributed by atoms with Crippen LogP contribution in [0.15, 0.2) is 54.6 Å². The van der Waals surface area contributed by atoms with E-state index in [1.54, 1.807) is 12.1 Å². The molecule has 9 heteroatoms. The second-order valence-electron chi connectivity index (χ2n) is 10.5. The zero-order chi connectivity index (χ0) is 29.5. The van der Waals surface area contributed by atoms with Gasteiger partial charge in [0.2, 0.25) is 5.82 Å². The monoisotopic (exact) mass is 578 g/mol. The van der Waals surface area contributed by atoms with E-state index in [-0.39, 0.29) is 11.3 Å². The molecule has 0 aliphatic heterocycles. The highest BCUT2D eigenvalue weighted by molar-refractivity contribution is 5.90. The molecule has 0 radical (unpaired) electrons. The average Bonchev–Trinajstić information content (AvgIpc) is 2.95. The largest absolute Gasteiger partial charge is 0.426 e. The number of hydrogen-bond acceptors (Lipinski definition) is 1. The fourth-order valence-corrected chi connectivity index (χ4v) is 5.70. The summed E-state index contributed by atoms with van der Waals surface area (Å²) in [4.78, 5) is 0. The van der Waals surface area contributed by atoms with Gasteiger partial charge in [-0.3, -0.25) is 0 Å². The van der Waals surface area contributed by atoms with Crippen LogP contribution in [0, 0.1) is 40.8 Å². The van der Waals surface area contributed by atoms with E-state index in [2.05, 4.69) is 11.7 Å². The molecule has 0 N–H and O–H groups in total. The third kappa shape index (κ3) is 5.63. The third-order valence-electron chi connectivity index (χ3n) is 7.88. The summed E-state index contributed by atoms with van der Waals surface area (Å²) in [5, 5.41) is -1.29. The van der Waals surface area contributed by atoms with Crippen LogP contribution in [0.5, 0.6) is 5.75 Å². The van der Waals surface area contributed by atoms with Gasteiger partial charge in [-0.1, -0.05) is 44.0 Å². The van der Waals surface area contributed by atoms with E-state index in [1.165, 1.54) is 18.6 Å². The molecule has 1 aliphatic rings. The first-order chi connectivity index (χ1) is 19.5. The molecule has 216 valence electrons. The summed E-state index contributed by atoms with van der Waals surface area (Å²) in [6.45, 7) is 2.15. The van der Waals surface area contributed by atoms with Gasteiger partial charge >= 0.3 is 6.11 Å². The highest BCUT2D eigenvalue weighted by atomic mass is 19.3. The van der Waals surface area contributed by atoms with E-state index in [0.29, 0.717) is 24.1 Å². The normalized spacial score (nSPS) is 17.7. The number of alkyl halides is 2. The SMILES string of the molecule is CCCC1CCC(c2ccc(C(F)(F)Oc3cc4ccc(-c5cc(F)c(F)c(F)c5)c(F)c4c(F)c3F)cc2)CC1.